The van der Waals surface area contributed by atoms with Gasteiger partial charge < -0.3 is 5.11 Å². The van der Waals surface area contributed by atoms with E-state index in [9.17, 15) is 9.28 Å². The molecule has 9 heavy (non-hydrogen) atoms. The average Bonchev–Trinajstić information content (AvgIpc) is 1.62. The number of hydrogen-bond donors (Lipinski definition) is 2. The monoisotopic (exact) mass is 136 g/mol. The van der Waals surface area contributed by atoms with E-state index in [-0.39, 0.29) is 0 Å². The van der Waals surface area contributed by atoms with Crippen molar-refractivity contribution in [3.63, 3.8) is 0 Å². The minimum absolute atomic E-state index is 0.639. The number of rotatable bonds is 1. The van der Waals surface area contributed by atoms with Crippen molar-refractivity contribution in [2.45, 2.75) is 19.4 Å². The Bertz CT molecular complexity index is 118. The molecule has 0 heterocycles. The topological polar surface area (TPSA) is 66.6 Å². The van der Waals surface area contributed by atoms with Crippen LogP contribution in [0.2, 0.25) is 0 Å². The molecule has 0 atom stereocenters. The fraction of sp³-hybridized carbons (Fsp3) is 0.750. The fourth-order valence-electron chi connectivity index (χ4n) is 0.261. The first kappa shape index (κ1) is 8.32. The van der Waals surface area contributed by atoms with E-state index in [0.717, 1.165) is 13.8 Å². The normalized spacial score (nSPS) is 11.2. The highest BCUT2D eigenvalue weighted by molar-refractivity contribution is 5.82. The molecule has 0 radical (unpaired) electrons. The fourth-order valence-corrected chi connectivity index (χ4v) is 0.261. The quantitative estimate of drug-likeness (QED) is 0.218. The molecular weight excluding hydrogens is 127 g/mol. The Balaban J connectivity index is 4.06. The maximum absolute atomic E-state index is 11.7. The molecule has 0 aromatic rings. The number of aliphatic hydroxyl groups is 1. The van der Waals surface area contributed by atoms with Crippen LogP contribution in [0.4, 0.5) is 4.48 Å². The second-order valence-corrected chi connectivity index (χ2v) is 2.18. The van der Waals surface area contributed by atoms with Crippen LogP contribution in [0.5, 0.6) is 0 Å². The van der Waals surface area contributed by atoms with Gasteiger partial charge in [0.1, 0.15) is 5.60 Å². The van der Waals surface area contributed by atoms with Gasteiger partial charge in [-0.25, -0.2) is 5.84 Å². The molecule has 0 aliphatic rings. The van der Waals surface area contributed by atoms with E-state index in [2.05, 4.69) is 5.84 Å². The lowest BCUT2D eigenvalue weighted by Crippen LogP contribution is -2.44. The average molecular weight is 136 g/mol. The van der Waals surface area contributed by atoms with Crippen LogP contribution < -0.4 is 5.84 Å². The standard InChI is InChI=1S/C4H9FN2O2/c1-4(2,9)3(8)7(5)6/h9H,6H2,1-2H3. The number of amides is 1. The molecule has 0 aromatic carbocycles. The third-order valence-electron chi connectivity index (χ3n) is 0.717. The van der Waals surface area contributed by atoms with E-state index < -0.39 is 16.7 Å². The third kappa shape index (κ3) is 2.39. The van der Waals surface area contributed by atoms with Gasteiger partial charge in [-0.2, -0.15) is 0 Å². The molecular formula is C4H9FN2O2. The summed E-state index contributed by atoms with van der Waals surface area (Å²) < 4.78 is 11.7. The summed E-state index contributed by atoms with van der Waals surface area (Å²) in [5.41, 5.74) is -1.73. The zero-order valence-corrected chi connectivity index (χ0v) is 5.26. The number of nitrogens with zero attached hydrogens (tertiary/aromatic N) is 1. The first-order valence-electron chi connectivity index (χ1n) is 2.33. The molecule has 0 unspecified atom stereocenters. The van der Waals surface area contributed by atoms with Gasteiger partial charge in [0.2, 0.25) is 0 Å². The summed E-state index contributed by atoms with van der Waals surface area (Å²) in [6.07, 6.45) is 0. The van der Waals surface area contributed by atoms with Gasteiger partial charge in [0, 0.05) is 0 Å². The minimum Gasteiger partial charge on any atom is -0.380 e. The van der Waals surface area contributed by atoms with Crippen molar-refractivity contribution in [1.29, 1.82) is 0 Å². The highest BCUT2D eigenvalue weighted by atomic mass is 19.2. The molecule has 0 bridgehead atoms. The van der Waals surface area contributed by atoms with Crippen LogP contribution in [-0.4, -0.2) is 21.8 Å². The number of nitrogens with two attached hydrogens (primary N) is 1. The smallest absolute Gasteiger partial charge is 0.296 e. The van der Waals surface area contributed by atoms with E-state index in [1.807, 2.05) is 0 Å². The summed E-state index contributed by atoms with van der Waals surface area (Å²) in [5, 5.41) is 8.11. The van der Waals surface area contributed by atoms with Crippen LogP contribution in [0.3, 0.4) is 0 Å². The van der Waals surface area contributed by atoms with Gasteiger partial charge in [-0.3, -0.25) is 4.79 Å². The van der Waals surface area contributed by atoms with Crippen LogP contribution in [0.25, 0.3) is 0 Å². The van der Waals surface area contributed by atoms with Crippen molar-refractivity contribution in [3.05, 3.63) is 0 Å². The molecule has 0 aromatic heterocycles. The number of hydrogen-bond acceptors (Lipinski definition) is 3. The van der Waals surface area contributed by atoms with Gasteiger partial charge in [-0.15, -0.1) is 5.23 Å². The van der Waals surface area contributed by atoms with Crippen LogP contribution >= 0.6 is 0 Å². The first-order chi connectivity index (χ1) is 3.85. The second kappa shape index (κ2) is 2.28. The van der Waals surface area contributed by atoms with E-state index >= 15 is 0 Å². The maximum atomic E-state index is 11.7. The molecule has 0 saturated heterocycles. The summed E-state index contributed by atoms with van der Waals surface area (Å²) in [6.45, 7) is 2.30. The summed E-state index contributed by atoms with van der Waals surface area (Å²) in [7, 11) is 0. The van der Waals surface area contributed by atoms with Gasteiger partial charge >= 0.3 is 0 Å². The number of carbonyl (C=O) groups is 1. The van der Waals surface area contributed by atoms with Crippen molar-refractivity contribution in [1.82, 2.24) is 5.23 Å². The Kier molecular flexibility index (Phi) is 2.11. The van der Waals surface area contributed by atoms with Gasteiger partial charge in [0.05, 0.1) is 0 Å². The first-order valence-corrected chi connectivity index (χ1v) is 2.33. The zero-order valence-electron chi connectivity index (χ0n) is 5.26. The van der Waals surface area contributed by atoms with E-state index in [1.165, 1.54) is 0 Å². The lowest BCUT2D eigenvalue weighted by atomic mass is 10.1. The molecule has 0 spiro atoms. The van der Waals surface area contributed by atoms with Gasteiger partial charge in [0.15, 0.2) is 0 Å². The second-order valence-electron chi connectivity index (χ2n) is 2.18. The molecule has 5 heteroatoms. The highest BCUT2D eigenvalue weighted by Gasteiger charge is 2.28. The Morgan fingerprint density at radius 2 is 2.11 bits per heavy atom. The van der Waals surface area contributed by atoms with Crippen molar-refractivity contribution in [3.8, 4) is 0 Å². The molecule has 0 aliphatic carbocycles. The van der Waals surface area contributed by atoms with Crippen molar-refractivity contribution in [2.75, 3.05) is 0 Å². The molecule has 4 nitrogen and oxygen atoms in total. The molecule has 0 fully saturated rings. The van der Waals surface area contributed by atoms with E-state index in [4.69, 9.17) is 5.11 Å². The van der Waals surface area contributed by atoms with Crippen molar-refractivity contribution >= 4 is 5.91 Å². The van der Waals surface area contributed by atoms with Crippen molar-refractivity contribution in [2.24, 2.45) is 5.84 Å². The third-order valence-corrected chi connectivity index (χ3v) is 0.717. The number of carbonyl (C=O) groups excluding carboxylic acids is 1. The Hall–Kier alpha value is -0.680. The summed E-state index contributed by atoms with van der Waals surface area (Å²) in [4.78, 5) is 10.3. The van der Waals surface area contributed by atoms with Crippen molar-refractivity contribution < 1.29 is 14.4 Å². The maximum Gasteiger partial charge on any atom is 0.296 e. The van der Waals surface area contributed by atoms with Gasteiger partial charge in [0.25, 0.3) is 5.91 Å². The summed E-state index contributed by atoms with van der Waals surface area (Å²) in [5.74, 6) is 3.21. The largest absolute Gasteiger partial charge is 0.380 e. The van der Waals surface area contributed by atoms with E-state index in [1.54, 1.807) is 0 Å². The molecule has 1 amide bonds. The number of hydrazine groups is 1. The van der Waals surface area contributed by atoms with Crippen LogP contribution in [0.1, 0.15) is 13.8 Å². The Labute approximate surface area is 52.0 Å². The summed E-state index contributed by atoms with van der Waals surface area (Å²) in [6, 6.07) is 0. The van der Waals surface area contributed by atoms with E-state index in [0.29, 0.717) is 0 Å². The molecule has 0 aliphatic heterocycles. The SMILES string of the molecule is CC(C)(O)C(=O)N(N)F. The molecule has 54 valence electrons. The predicted octanol–water partition coefficient (Wildman–Crippen LogP) is -0.656. The predicted molar refractivity (Wildman–Crippen MR) is 28.4 cm³/mol. The Morgan fingerprint density at radius 1 is 1.78 bits per heavy atom. The van der Waals surface area contributed by atoms with Gasteiger partial charge in [-0.1, -0.05) is 4.48 Å². The van der Waals surface area contributed by atoms with Crippen LogP contribution in [-0.2, 0) is 4.79 Å². The highest BCUT2D eigenvalue weighted by Crippen LogP contribution is 2.03. The molecule has 0 rings (SSSR count). The minimum atomic E-state index is -1.73. The lowest BCUT2D eigenvalue weighted by molar-refractivity contribution is -0.164. The van der Waals surface area contributed by atoms with Gasteiger partial charge in [-0.05, 0) is 13.8 Å². The molecule has 0 saturated carbocycles. The zero-order chi connectivity index (χ0) is 7.65. The lowest BCUT2D eigenvalue weighted by Gasteiger charge is -2.16. The number of halogens is 1. The Morgan fingerprint density at radius 3 is 2.11 bits per heavy atom. The summed E-state index contributed by atoms with van der Waals surface area (Å²) >= 11 is 0. The van der Waals surface area contributed by atoms with Crippen LogP contribution in [0, 0.1) is 0 Å². The molecule has 3 N–H and O–H groups in total. The van der Waals surface area contributed by atoms with Crippen LogP contribution in [0.15, 0.2) is 0 Å².